The maximum atomic E-state index is 13.9. The Morgan fingerprint density at radius 1 is 1.17 bits per heavy atom. The van der Waals surface area contributed by atoms with Gasteiger partial charge in [-0.3, -0.25) is 14.4 Å². The van der Waals surface area contributed by atoms with Crippen LogP contribution in [0.5, 0.6) is 0 Å². The van der Waals surface area contributed by atoms with Gasteiger partial charge in [-0.2, -0.15) is 0 Å². The number of benzene rings is 2. The normalized spacial score (nSPS) is 17.2. The summed E-state index contributed by atoms with van der Waals surface area (Å²) in [6, 6.07) is 15.2. The first kappa shape index (κ1) is 25.2. The van der Waals surface area contributed by atoms with E-state index in [1.54, 1.807) is 22.8 Å². The second kappa shape index (κ2) is 10.8. The second-order valence-electron chi connectivity index (χ2n) is 8.89. The molecule has 1 unspecified atom stereocenters. The number of likely N-dealkylation sites (tertiary alicyclic amines) is 1. The molecular formula is C27H29ClN2O4S. The lowest BCUT2D eigenvalue weighted by Crippen LogP contribution is -2.67. The van der Waals surface area contributed by atoms with Crippen LogP contribution in [0.25, 0.3) is 10.1 Å². The molecule has 0 saturated carbocycles. The SMILES string of the molecule is CCOC(=O)CCCN(Cc1cccc(Cl)c1)C(=O)C1(C)CCN1C(=O)c1csc2ccccc12. The van der Waals surface area contributed by atoms with Crippen LogP contribution in [0, 0.1) is 0 Å². The van der Waals surface area contributed by atoms with Gasteiger partial charge in [0.15, 0.2) is 0 Å². The minimum Gasteiger partial charge on any atom is -0.466 e. The average Bonchev–Trinajstić information content (AvgIpc) is 3.26. The molecule has 184 valence electrons. The highest BCUT2D eigenvalue weighted by atomic mass is 35.5. The summed E-state index contributed by atoms with van der Waals surface area (Å²) in [5, 5.41) is 3.38. The van der Waals surface area contributed by atoms with Gasteiger partial charge in [-0.25, -0.2) is 0 Å². The largest absolute Gasteiger partial charge is 0.466 e. The molecule has 1 fully saturated rings. The monoisotopic (exact) mass is 512 g/mol. The molecule has 0 aliphatic carbocycles. The summed E-state index contributed by atoms with van der Waals surface area (Å²) in [5.74, 6) is -0.530. The summed E-state index contributed by atoms with van der Waals surface area (Å²) >= 11 is 7.70. The number of halogens is 1. The van der Waals surface area contributed by atoms with Crippen LogP contribution in [0.3, 0.4) is 0 Å². The van der Waals surface area contributed by atoms with Crippen molar-refractivity contribution in [1.82, 2.24) is 9.80 Å². The van der Waals surface area contributed by atoms with Crippen LogP contribution < -0.4 is 0 Å². The quantitative estimate of drug-likeness (QED) is 0.353. The van der Waals surface area contributed by atoms with Crippen LogP contribution in [0.15, 0.2) is 53.9 Å². The van der Waals surface area contributed by atoms with Crippen LogP contribution >= 0.6 is 22.9 Å². The van der Waals surface area contributed by atoms with E-state index in [0.29, 0.717) is 49.7 Å². The number of hydrogen-bond acceptors (Lipinski definition) is 5. The van der Waals surface area contributed by atoms with Gasteiger partial charge < -0.3 is 14.5 Å². The number of ether oxygens (including phenoxy) is 1. The summed E-state index contributed by atoms with van der Waals surface area (Å²) in [7, 11) is 0. The summed E-state index contributed by atoms with van der Waals surface area (Å²) in [5.41, 5.74) is 0.586. The number of hydrogen-bond donors (Lipinski definition) is 0. The summed E-state index contributed by atoms with van der Waals surface area (Å²) in [6.07, 6.45) is 1.29. The van der Waals surface area contributed by atoms with Crippen molar-refractivity contribution < 1.29 is 19.1 Å². The van der Waals surface area contributed by atoms with E-state index in [4.69, 9.17) is 16.3 Å². The Morgan fingerprint density at radius 3 is 2.69 bits per heavy atom. The summed E-state index contributed by atoms with van der Waals surface area (Å²) < 4.78 is 6.08. The lowest BCUT2D eigenvalue weighted by atomic mass is 9.84. The molecule has 4 rings (SSSR count). The molecule has 6 nitrogen and oxygen atoms in total. The summed E-state index contributed by atoms with van der Waals surface area (Å²) in [4.78, 5) is 42.6. The molecule has 1 aliphatic rings. The molecule has 0 bridgehead atoms. The maximum Gasteiger partial charge on any atom is 0.305 e. The average molecular weight is 513 g/mol. The van der Waals surface area contributed by atoms with Gasteiger partial charge in [0.25, 0.3) is 5.91 Å². The highest BCUT2D eigenvalue weighted by Gasteiger charge is 2.51. The fraction of sp³-hybridized carbons (Fsp3) is 0.370. The number of rotatable bonds is 9. The molecule has 1 aliphatic heterocycles. The fourth-order valence-corrected chi connectivity index (χ4v) is 5.64. The van der Waals surface area contributed by atoms with Crippen LogP contribution in [0.2, 0.25) is 5.02 Å². The van der Waals surface area contributed by atoms with E-state index < -0.39 is 5.54 Å². The van der Waals surface area contributed by atoms with Crippen LogP contribution in [-0.4, -0.2) is 52.8 Å². The fourth-order valence-electron chi connectivity index (χ4n) is 4.49. The highest BCUT2D eigenvalue weighted by molar-refractivity contribution is 7.17. The minimum atomic E-state index is -0.942. The van der Waals surface area contributed by atoms with E-state index >= 15 is 0 Å². The van der Waals surface area contributed by atoms with E-state index in [2.05, 4.69) is 0 Å². The molecule has 1 atom stereocenters. The number of esters is 1. The number of carbonyl (C=O) groups excluding carboxylic acids is 3. The number of fused-ring (bicyclic) bond motifs is 1. The number of amides is 2. The van der Waals surface area contributed by atoms with Crippen molar-refractivity contribution in [3.8, 4) is 0 Å². The molecule has 3 aromatic rings. The Morgan fingerprint density at radius 2 is 1.97 bits per heavy atom. The predicted octanol–water partition coefficient (Wildman–Crippen LogP) is 5.53. The molecule has 2 aromatic carbocycles. The first-order chi connectivity index (χ1) is 16.8. The standard InChI is InChI=1S/C27H29ClN2O4S/c1-3-34-24(31)12-7-14-29(17-19-8-6-9-20(28)16-19)26(33)27(2)13-15-30(27)25(32)22-18-35-23-11-5-4-10-21(22)23/h4-6,8-11,16,18H,3,7,12-15,17H2,1-2H3. The van der Waals surface area contributed by atoms with Gasteiger partial charge in [-0.05, 0) is 50.5 Å². The zero-order valence-electron chi connectivity index (χ0n) is 20.0. The van der Waals surface area contributed by atoms with Gasteiger partial charge >= 0.3 is 5.97 Å². The molecule has 35 heavy (non-hydrogen) atoms. The molecule has 0 N–H and O–H groups in total. The van der Waals surface area contributed by atoms with E-state index in [1.165, 1.54) is 11.3 Å². The van der Waals surface area contributed by atoms with Gasteiger partial charge in [-0.1, -0.05) is 41.9 Å². The van der Waals surface area contributed by atoms with Crippen molar-refractivity contribution in [3.63, 3.8) is 0 Å². The number of thiophene rings is 1. The Labute approximate surface area is 214 Å². The highest BCUT2D eigenvalue weighted by Crippen LogP contribution is 2.37. The summed E-state index contributed by atoms with van der Waals surface area (Å²) in [6.45, 7) is 5.19. The lowest BCUT2D eigenvalue weighted by molar-refractivity contribution is -0.150. The van der Waals surface area contributed by atoms with Gasteiger partial charge in [0.1, 0.15) is 5.54 Å². The first-order valence-corrected chi connectivity index (χ1v) is 13.1. The Hall–Kier alpha value is -2.90. The second-order valence-corrected chi connectivity index (χ2v) is 10.2. The number of carbonyl (C=O) groups is 3. The van der Waals surface area contributed by atoms with E-state index in [1.807, 2.05) is 54.8 Å². The van der Waals surface area contributed by atoms with Crippen LogP contribution in [-0.2, 0) is 20.9 Å². The molecule has 1 aromatic heterocycles. The molecule has 2 amide bonds. The van der Waals surface area contributed by atoms with Gasteiger partial charge in [0.2, 0.25) is 5.91 Å². The van der Waals surface area contributed by atoms with Crippen molar-refractivity contribution in [2.75, 3.05) is 19.7 Å². The predicted molar refractivity (Wildman–Crippen MR) is 139 cm³/mol. The molecule has 0 spiro atoms. The van der Waals surface area contributed by atoms with Crippen molar-refractivity contribution in [3.05, 3.63) is 70.1 Å². The topological polar surface area (TPSA) is 66.9 Å². The molecule has 1 saturated heterocycles. The maximum absolute atomic E-state index is 13.9. The van der Waals surface area contributed by atoms with Crippen molar-refractivity contribution in [2.45, 2.75) is 45.2 Å². The van der Waals surface area contributed by atoms with Crippen LogP contribution in [0.4, 0.5) is 0 Å². The zero-order valence-corrected chi connectivity index (χ0v) is 21.5. The molecular weight excluding hydrogens is 484 g/mol. The lowest BCUT2D eigenvalue weighted by Gasteiger charge is -2.51. The first-order valence-electron chi connectivity index (χ1n) is 11.8. The van der Waals surface area contributed by atoms with Gasteiger partial charge in [0, 0.05) is 46.5 Å². The van der Waals surface area contributed by atoms with Gasteiger partial charge in [0.05, 0.1) is 12.2 Å². The van der Waals surface area contributed by atoms with Gasteiger partial charge in [-0.15, -0.1) is 11.3 Å². The minimum absolute atomic E-state index is 0.125. The smallest absolute Gasteiger partial charge is 0.305 e. The Kier molecular flexibility index (Phi) is 7.77. The molecule has 2 heterocycles. The van der Waals surface area contributed by atoms with E-state index in [-0.39, 0.29) is 24.2 Å². The van der Waals surface area contributed by atoms with E-state index in [9.17, 15) is 14.4 Å². The zero-order chi connectivity index (χ0) is 25.0. The van der Waals surface area contributed by atoms with Crippen molar-refractivity contribution in [1.29, 1.82) is 0 Å². The van der Waals surface area contributed by atoms with Crippen molar-refractivity contribution >= 4 is 50.8 Å². The molecule has 0 radical (unpaired) electrons. The van der Waals surface area contributed by atoms with E-state index in [0.717, 1.165) is 15.6 Å². The molecule has 8 heteroatoms. The third-order valence-corrected chi connectivity index (χ3v) is 7.70. The van der Waals surface area contributed by atoms with Crippen LogP contribution in [0.1, 0.15) is 49.0 Å². The Balaban J connectivity index is 1.54. The third kappa shape index (κ3) is 5.36. The van der Waals surface area contributed by atoms with Crippen molar-refractivity contribution in [2.24, 2.45) is 0 Å². The Bertz CT molecular complexity index is 1240. The number of nitrogens with zero attached hydrogens (tertiary/aromatic N) is 2. The third-order valence-electron chi connectivity index (χ3n) is 6.50.